The maximum Gasteiger partial charge on any atom is 0.0409 e. The van der Waals surface area contributed by atoms with Crippen LogP contribution in [0.3, 0.4) is 0 Å². The molecule has 0 bridgehead atoms. The highest BCUT2D eigenvalue weighted by atomic mass is 35.5. The van der Waals surface area contributed by atoms with E-state index in [1.807, 2.05) is 12.1 Å². The quantitative estimate of drug-likeness (QED) is 0.246. The van der Waals surface area contributed by atoms with Crippen molar-refractivity contribution in [3.05, 3.63) is 57.6 Å². The molecule has 0 saturated carbocycles. The Balaban J connectivity index is 1.85. The van der Waals surface area contributed by atoms with Crippen molar-refractivity contribution in [2.75, 3.05) is 0 Å². The lowest BCUT2D eigenvalue weighted by Crippen LogP contribution is -2.25. The van der Waals surface area contributed by atoms with Crippen molar-refractivity contribution >= 4 is 23.2 Å². The van der Waals surface area contributed by atoms with Crippen LogP contribution < -0.4 is 0 Å². The van der Waals surface area contributed by atoms with Gasteiger partial charge in [0, 0.05) is 15.5 Å². The monoisotopic (exact) mass is 458 g/mol. The Kier molecular flexibility index (Phi) is 9.79. The highest BCUT2D eigenvalue weighted by Gasteiger charge is 2.42. The van der Waals surface area contributed by atoms with E-state index in [2.05, 4.69) is 38.1 Å². The summed E-state index contributed by atoms with van der Waals surface area (Å²) in [7, 11) is 0. The molecule has 0 saturated heterocycles. The number of unbranched alkanes of at least 4 members (excludes halogenated alkanes) is 10. The van der Waals surface area contributed by atoms with Gasteiger partial charge in [0.1, 0.15) is 0 Å². The second-order valence-electron chi connectivity index (χ2n) is 9.50. The Morgan fingerprint density at radius 3 is 1.35 bits per heavy atom. The fraction of sp³-hybridized carbons (Fsp3) is 0.586. The van der Waals surface area contributed by atoms with Crippen molar-refractivity contribution in [1.29, 1.82) is 0 Å². The van der Waals surface area contributed by atoms with Crippen molar-refractivity contribution < 1.29 is 0 Å². The molecule has 0 heterocycles. The number of hydrogen-bond acceptors (Lipinski definition) is 0. The minimum Gasteiger partial charge on any atom is -0.0843 e. The molecule has 0 aromatic heterocycles. The first-order chi connectivity index (χ1) is 15.1. The number of rotatable bonds is 14. The molecular weight excluding hydrogens is 419 g/mol. The van der Waals surface area contributed by atoms with E-state index in [0.29, 0.717) is 0 Å². The molecule has 1 aliphatic rings. The van der Waals surface area contributed by atoms with Crippen LogP contribution in [0.25, 0.3) is 11.1 Å². The lowest BCUT2D eigenvalue weighted by atomic mass is 9.70. The SMILES string of the molecule is CCCCCCCCC1(CCCCCCCC)c2cc(Cl)ccc2-c2ccc(Cl)cc21. The van der Waals surface area contributed by atoms with Gasteiger partial charge in [-0.25, -0.2) is 0 Å². The maximum absolute atomic E-state index is 6.54. The first-order valence-corrected chi connectivity index (χ1v) is 13.5. The molecule has 0 N–H and O–H groups in total. The Morgan fingerprint density at radius 1 is 0.548 bits per heavy atom. The van der Waals surface area contributed by atoms with Gasteiger partial charge in [-0.05, 0) is 59.4 Å². The molecule has 0 spiro atoms. The maximum atomic E-state index is 6.54. The van der Waals surface area contributed by atoms with Crippen LogP contribution in [0.2, 0.25) is 10.0 Å². The Morgan fingerprint density at radius 2 is 0.935 bits per heavy atom. The normalized spacial score (nSPS) is 13.9. The second kappa shape index (κ2) is 12.3. The van der Waals surface area contributed by atoms with Crippen LogP contribution >= 0.6 is 23.2 Å². The van der Waals surface area contributed by atoms with Gasteiger partial charge < -0.3 is 0 Å². The van der Waals surface area contributed by atoms with E-state index in [-0.39, 0.29) is 5.41 Å². The van der Waals surface area contributed by atoms with E-state index in [1.165, 1.54) is 112 Å². The van der Waals surface area contributed by atoms with Crippen LogP contribution in [-0.2, 0) is 5.41 Å². The van der Waals surface area contributed by atoms with Gasteiger partial charge in [-0.3, -0.25) is 0 Å². The van der Waals surface area contributed by atoms with E-state index in [4.69, 9.17) is 23.2 Å². The minimum absolute atomic E-state index is 0.0655. The van der Waals surface area contributed by atoms with Crippen molar-refractivity contribution in [1.82, 2.24) is 0 Å². The van der Waals surface area contributed by atoms with E-state index < -0.39 is 0 Å². The van der Waals surface area contributed by atoms with Crippen molar-refractivity contribution in [3.63, 3.8) is 0 Å². The largest absolute Gasteiger partial charge is 0.0843 e. The summed E-state index contributed by atoms with van der Waals surface area (Å²) < 4.78 is 0. The predicted octanol–water partition coefficient (Wildman–Crippen LogP) is 10.8. The molecule has 2 aromatic carbocycles. The lowest BCUT2D eigenvalue weighted by molar-refractivity contribution is 0.398. The highest BCUT2D eigenvalue weighted by molar-refractivity contribution is 6.31. The first-order valence-electron chi connectivity index (χ1n) is 12.7. The molecule has 0 aliphatic heterocycles. The molecule has 2 heteroatoms. The van der Waals surface area contributed by atoms with E-state index in [9.17, 15) is 0 Å². The van der Waals surface area contributed by atoms with Crippen LogP contribution in [0.4, 0.5) is 0 Å². The van der Waals surface area contributed by atoms with Gasteiger partial charge in [-0.2, -0.15) is 0 Å². The van der Waals surface area contributed by atoms with E-state index in [1.54, 1.807) is 0 Å². The standard InChI is InChI=1S/C29H40Cl2/c1-3-5-7-9-11-13-19-29(20-14-12-10-8-6-4-2)27-21-23(30)15-17-25(27)26-18-16-24(31)22-28(26)29/h15-18,21-22H,3-14,19-20H2,1-2H3. The van der Waals surface area contributed by atoms with Crippen LogP contribution in [0, 0.1) is 0 Å². The van der Waals surface area contributed by atoms with E-state index >= 15 is 0 Å². The summed E-state index contributed by atoms with van der Waals surface area (Å²) in [5.74, 6) is 0. The zero-order valence-corrected chi connectivity index (χ0v) is 21.1. The average Bonchev–Trinajstić information content (AvgIpc) is 3.02. The Hall–Kier alpha value is -0.980. The summed E-state index contributed by atoms with van der Waals surface area (Å²) in [6.07, 6.45) is 18.4. The molecular formula is C29H40Cl2. The first kappa shape index (κ1) is 24.7. The molecule has 0 radical (unpaired) electrons. The zero-order chi connectivity index (χ0) is 22.1. The summed E-state index contributed by atoms with van der Waals surface area (Å²) in [5.41, 5.74) is 5.69. The van der Waals surface area contributed by atoms with Gasteiger partial charge in [0.15, 0.2) is 0 Å². The predicted molar refractivity (Wildman–Crippen MR) is 139 cm³/mol. The third-order valence-electron chi connectivity index (χ3n) is 7.20. The topological polar surface area (TPSA) is 0 Å². The summed E-state index contributed by atoms with van der Waals surface area (Å²) in [4.78, 5) is 0. The average molecular weight is 460 g/mol. The molecule has 0 nitrogen and oxygen atoms in total. The van der Waals surface area contributed by atoms with Gasteiger partial charge >= 0.3 is 0 Å². The van der Waals surface area contributed by atoms with E-state index in [0.717, 1.165) is 10.0 Å². The van der Waals surface area contributed by atoms with Gasteiger partial charge in [-0.15, -0.1) is 0 Å². The third kappa shape index (κ3) is 6.08. The molecule has 2 aromatic rings. The molecule has 0 unspecified atom stereocenters. The summed E-state index contributed by atoms with van der Waals surface area (Å²) in [5, 5.41) is 1.71. The van der Waals surface area contributed by atoms with Crippen molar-refractivity contribution in [3.8, 4) is 11.1 Å². The molecule has 0 amide bonds. The minimum atomic E-state index is 0.0655. The van der Waals surface area contributed by atoms with Crippen LogP contribution in [-0.4, -0.2) is 0 Å². The Labute approximate surface area is 200 Å². The fourth-order valence-corrected chi connectivity index (χ4v) is 5.86. The smallest absolute Gasteiger partial charge is 0.0409 e. The second-order valence-corrected chi connectivity index (χ2v) is 10.4. The van der Waals surface area contributed by atoms with Crippen LogP contribution in [0.15, 0.2) is 36.4 Å². The summed E-state index contributed by atoms with van der Waals surface area (Å²) in [6.45, 7) is 4.57. The van der Waals surface area contributed by atoms with Crippen LogP contribution in [0.1, 0.15) is 115 Å². The van der Waals surface area contributed by atoms with Crippen LogP contribution in [0.5, 0.6) is 0 Å². The van der Waals surface area contributed by atoms with Gasteiger partial charge in [0.05, 0.1) is 0 Å². The number of benzene rings is 2. The summed E-state index contributed by atoms with van der Waals surface area (Å²) in [6, 6.07) is 13.1. The van der Waals surface area contributed by atoms with Gasteiger partial charge in [0.2, 0.25) is 0 Å². The molecule has 3 rings (SSSR count). The Bertz CT molecular complexity index is 754. The van der Waals surface area contributed by atoms with Crippen molar-refractivity contribution in [2.45, 2.75) is 109 Å². The molecule has 31 heavy (non-hydrogen) atoms. The molecule has 170 valence electrons. The molecule has 0 atom stereocenters. The highest BCUT2D eigenvalue weighted by Crippen LogP contribution is 2.55. The molecule has 1 aliphatic carbocycles. The lowest BCUT2D eigenvalue weighted by Gasteiger charge is -2.33. The van der Waals surface area contributed by atoms with Gasteiger partial charge in [0.25, 0.3) is 0 Å². The number of halogens is 2. The fourth-order valence-electron chi connectivity index (χ4n) is 5.52. The zero-order valence-electron chi connectivity index (χ0n) is 19.6. The van der Waals surface area contributed by atoms with Crippen molar-refractivity contribution in [2.24, 2.45) is 0 Å². The summed E-state index contributed by atoms with van der Waals surface area (Å²) >= 11 is 13.1. The number of fused-ring (bicyclic) bond motifs is 3. The number of hydrogen-bond donors (Lipinski definition) is 0. The molecule has 0 fully saturated rings. The van der Waals surface area contributed by atoms with Gasteiger partial charge in [-0.1, -0.05) is 126 Å². The third-order valence-corrected chi connectivity index (χ3v) is 7.67.